The minimum absolute atomic E-state index is 0.0768. The van der Waals surface area contributed by atoms with Crippen LogP contribution in [-0.4, -0.2) is 25.2 Å². The van der Waals surface area contributed by atoms with E-state index in [0.29, 0.717) is 6.54 Å². The largest absolute Gasteiger partial charge is 0.249 e. The molecule has 1 N–H and O–H groups in total. The quantitative estimate of drug-likeness (QED) is 0.808. The molecular formula is C7H11ClN2O2S2. The molecule has 1 atom stereocenters. The standard InChI is InChI=1S/C7H11ClN2O2S2/c1-6(7-9-2-3-13-7)4-10-14(11,12)5-8/h2-3,6,10H,4-5H2,1H3. The van der Waals surface area contributed by atoms with Gasteiger partial charge >= 0.3 is 0 Å². The molecule has 1 rings (SSSR count). The Morgan fingerprint density at radius 3 is 2.93 bits per heavy atom. The maximum absolute atomic E-state index is 11.0. The van der Waals surface area contributed by atoms with E-state index in [2.05, 4.69) is 9.71 Å². The maximum Gasteiger partial charge on any atom is 0.225 e. The number of sulfonamides is 1. The molecule has 0 spiro atoms. The zero-order chi connectivity index (χ0) is 10.6. The first-order valence-corrected chi connectivity index (χ1v) is 7.04. The van der Waals surface area contributed by atoms with Gasteiger partial charge < -0.3 is 0 Å². The summed E-state index contributed by atoms with van der Waals surface area (Å²) < 4.78 is 24.4. The molecule has 1 aromatic heterocycles. The summed E-state index contributed by atoms with van der Waals surface area (Å²) in [6.07, 6.45) is 1.70. The van der Waals surface area contributed by atoms with E-state index in [-0.39, 0.29) is 5.92 Å². The van der Waals surface area contributed by atoms with Gasteiger partial charge in [-0.3, -0.25) is 0 Å². The van der Waals surface area contributed by atoms with Crippen molar-refractivity contribution >= 4 is 33.0 Å². The molecule has 0 saturated carbocycles. The lowest BCUT2D eigenvalue weighted by Gasteiger charge is -2.08. The van der Waals surface area contributed by atoms with E-state index in [9.17, 15) is 8.42 Å². The van der Waals surface area contributed by atoms with Crippen LogP contribution in [0.5, 0.6) is 0 Å². The predicted octanol–water partition coefficient (Wildman–Crippen LogP) is 1.36. The van der Waals surface area contributed by atoms with Crippen molar-refractivity contribution in [2.75, 3.05) is 11.8 Å². The highest BCUT2D eigenvalue weighted by Gasteiger charge is 2.12. The number of thiazole rings is 1. The zero-order valence-electron chi connectivity index (χ0n) is 7.60. The summed E-state index contributed by atoms with van der Waals surface area (Å²) in [6, 6.07) is 0. The van der Waals surface area contributed by atoms with Gasteiger partial charge in [0.1, 0.15) is 5.21 Å². The monoisotopic (exact) mass is 254 g/mol. The first-order valence-electron chi connectivity index (χ1n) is 3.98. The molecule has 0 aliphatic rings. The fraction of sp³-hybridized carbons (Fsp3) is 0.571. The van der Waals surface area contributed by atoms with Gasteiger partial charge in [-0.2, -0.15) is 0 Å². The van der Waals surface area contributed by atoms with E-state index in [1.54, 1.807) is 6.20 Å². The molecule has 14 heavy (non-hydrogen) atoms. The lowest BCUT2D eigenvalue weighted by atomic mass is 10.2. The van der Waals surface area contributed by atoms with Gasteiger partial charge in [0.15, 0.2) is 0 Å². The Morgan fingerprint density at radius 1 is 1.71 bits per heavy atom. The number of hydrogen-bond acceptors (Lipinski definition) is 4. The van der Waals surface area contributed by atoms with Crippen molar-refractivity contribution in [3.8, 4) is 0 Å². The Hall–Kier alpha value is -0.170. The third-order valence-corrected chi connectivity index (χ3v) is 4.39. The lowest BCUT2D eigenvalue weighted by molar-refractivity contribution is 0.579. The van der Waals surface area contributed by atoms with E-state index < -0.39 is 15.2 Å². The first-order chi connectivity index (χ1) is 6.55. The summed E-state index contributed by atoms with van der Waals surface area (Å²) in [7, 11) is -3.31. The molecule has 7 heteroatoms. The lowest BCUT2D eigenvalue weighted by Crippen LogP contribution is -2.28. The van der Waals surface area contributed by atoms with Gasteiger partial charge in [-0.1, -0.05) is 6.92 Å². The molecule has 1 aromatic rings. The number of hydrogen-bond donors (Lipinski definition) is 1. The highest BCUT2D eigenvalue weighted by atomic mass is 35.5. The molecule has 1 heterocycles. The number of rotatable bonds is 5. The first kappa shape index (κ1) is 11.9. The number of nitrogens with one attached hydrogen (secondary N) is 1. The molecule has 4 nitrogen and oxygen atoms in total. The van der Waals surface area contributed by atoms with Crippen molar-refractivity contribution < 1.29 is 8.42 Å². The second-order valence-electron chi connectivity index (χ2n) is 2.84. The fourth-order valence-corrected chi connectivity index (χ4v) is 2.37. The Morgan fingerprint density at radius 2 is 2.43 bits per heavy atom. The average molecular weight is 255 g/mol. The Labute approximate surface area is 92.4 Å². The van der Waals surface area contributed by atoms with Crippen LogP contribution in [0.3, 0.4) is 0 Å². The van der Waals surface area contributed by atoms with Crippen molar-refractivity contribution in [2.45, 2.75) is 12.8 Å². The van der Waals surface area contributed by atoms with Crippen LogP contribution in [-0.2, 0) is 10.0 Å². The van der Waals surface area contributed by atoms with Crippen LogP contribution in [0.4, 0.5) is 0 Å². The van der Waals surface area contributed by atoms with Crippen molar-refractivity contribution in [3.63, 3.8) is 0 Å². The molecule has 0 aliphatic heterocycles. The average Bonchev–Trinajstić information content (AvgIpc) is 2.67. The van der Waals surface area contributed by atoms with Crippen LogP contribution in [0.25, 0.3) is 0 Å². The van der Waals surface area contributed by atoms with Crippen molar-refractivity contribution in [1.29, 1.82) is 0 Å². The Bertz CT molecular complexity index is 363. The minimum atomic E-state index is -3.31. The van der Waals surface area contributed by atoms with Gasteiger partial charge in [0.25, 0.3) is 0 Å². The molecule has 0 aliphatic carbocycles. The molecular weight excluding hydrogens is 244 g/mol. The van der Waals surface area contributed by atoms with Crippen molar-refractivity contribution in [2.24, 2.45) is 0 Å². The number of alkyl halides is 1. The summed E-state index contributed by atoms with van der Waals surface area (Å²) in [5.41, 5.74) is 0. The topological polar surface area (TPSA) is 59.1 Å². The summed E-state index contributed by atoms with van der Waals surface area (Å²) >= 11 is 6.75. The Balaban J connectivity index is 2.47. The van der Waals surface area contributed by atoms with E-state index in [4.69, 9.17) is 11.6 Å². The third-order valence-electron chi connectivity index (χ3n) is 1.63. The van der Waals surface area contributed by atoms with E-state index in [0.717, 1.165) is 5.01 Å². The zero-order valence-corrected chi connectivity index (χ0v) is 9.99. The molecule has 0 amide bonds. The predicted molar refractivity (Wildman–Crippen MR) is 58.2 cm³/mol. The molecule has 0 saturated heterocycles. The second kappa shape index (κ2) is 5.06. The van der Waals surface area contributed by atoms with Gasteiger partial charge in [-0.05, 0) is 0 Å². The van der Waals surface area contributed by atoms with Gasteiger partial charge in [-0.15, -0.1) is 22.9 Å². The fourth-order valence-electron chi connectivity index (χ4n) is 0.856. The van der Waals surface area contributed by atoms with E-state index in [1.165, 1.54) is 11.3 Å². The highest BCUT2D eigenvalue weighted by Crippen LogP contribution is 2.16. The number of halogens is 1. The summed E-state index contributed by atoms with van der Waals surface area (Å²) in [5.74, 6) is 0.0768. The minimum Gasteiger partial charge on any atom is -0.249 e. The van der Waals surface area contributed by atoms with Crippen LogP contribution in [0.1, 0.15) is 17.8 Å². The van der Waals surface area contributed by atoms with Crippen LogP contribution in [0.2, 0.25) is 0 Å². The molecule has 0 radical (unpaired) electrons. The smallest absolute Gasteiger partial charge is 0.225 e. The van der Waals surface area contributed by atoms with Crippen LogP contribution in [0, 0.1) is 0 Å². The molecule has 0 bridgehead atoms. The summed E-state index contributed by atoms with van der Waals surface area (Å²) in [5, 5.41) is 2.38. The second-order valence-corrected chi connectivity index (χ2v) is 6.16. The van der Waals surface area contributed by atoms with Crippen LogP contribution >= 0.6 is 22.9 Å². The van der Waals surface area contributed by atoms with Gasteiger partial charge in [0, 0.05) is 24.0 Å². The maximum atomic E-state index is 11.0. The van der Waals surface area contributed by atoms with Gasteiger partial charge in [-0.25, -0.2) is 18.1 Å². The molecule has 80 valence electrons. The van der Waals surface area contributed by atoms with Gasteiger partial charge in [0.2, 0.25) is 10.0 Å². The van der Waals surface area contributed by atoms with E-state index in [1.807, 2.05) is 12.3 Å². The number of nitrogens with zero attached hydrogens (tertiary/aromatic N) is 1. The number of aromatic nitrogens is 1. The van der Waals surface area contributed by atoms with E-state index >= 15 is 0 Å². The normalized spacial score (nSPS) is 14.1. The highest BCUT2D eigenvalue weighted by molar-refractivity contribution is 7.90. The SMILES string of the molecule is CC(CNS(=O)(=O)CCl)c1nccs1. The molecule has 1 unspecified atom stereocenters. The third kappa shape index (κ3) is 3.53. The Kier molecular flexibility index (Phi) is 4.31. The summed E-state index contributed by atoms with van der Waals surface area (Å²) in [4.78, 5) is 4.09. The molecule has 0 aromatic carbocycles. The van der Waals surface area contributed by atoms with Crippen LogP contribution < -0.4 is 4.72 Å². The molecule has 0 fully saturated rings. The summed E-state index contributed by atoms with van der Waals surface area (Å²) in [6.45, 7) is 2.25. The van der Waals surface area contributed by atoms with Crippen LogP contribution in [0.15, 0.2) is 11.6 Å². The van der Waals surface area contributed by atoms with Crippen molar-refractivity contribution in [1.82, 2.24) is 9.71 Å². The van der Waals surface area contributed by atoms with Gasteiger partial charge in [0.05, 0.1) is 5.01 Å². The van der Waals surface area contributed by atoms with Crippen molar-refractivity contribution in [3.05, 3.63) is 16.6 Å².